The monoisotopic (exact) mass is 372 g/mol. The molecule has 1 aliphatic heterocycles. The van der Waals surface area contributed by atoms with E-state index in [0.717, 1.165) is 34.9 Å². The van der Waals surface area contributed by atoms with Crippen molar-refractivity contribution >= 4 is 11.8 Å². The van der Waals surface area contributed by atoms with Crippen LogP contribution in [0.4, 0.5) is 8.78 Å². The molecule has 0 atom stereocenters. The molecule has 2 amide bonds. The van der Waals surface area contributed by atoms with Gasteiger partial charge in [0.15, 0.2) is 0 Å². The Kier molecular flexibility index (Phi) is 5.54. The van der Waals surface area contributed by atoms with Crippen LogP contribution in [-0.2, 0) is 11.2 Å². The molecule has 0 spiro atoms. The minimum Gasteiger partial charge on any atom is -0.339 e. The van der Waals surface area contributed by atoms with E-state index >= 15 is 0 Å². The lowest BCUT2D eigenvalue weighted by molar-refractivity contribution is -0.131. The van der Waals surface area contributed by atoms with Crippen molar-refractivity contribution in [2.75, 3.05) is 26.2 Å². The molecule has 0 saturated carbocycles. The smallest absolute Gasteiger partial charge is 0.257 e. The Morgan fingerprint density at radius 1 is 0.926 bits per heavy atom. The van der Waals surface area contributed by atoms with Crippen molar-refractivity contribution in [1.29, 1.82) is 0 Å². The minimum absolute atomic E-state index is 0.00716. The first-order chi connectivity index (χ1) is 12.8. The summed E-state index contributed by atoms with van der Waals surface area (Å²) >= 11 is 0. The number of benzene rings is 2. The zero-order valence-corrected chi connectivity index (χ0v) is 15.5. The normalized spacial score (nSPS) is 14.4. The third kappa shape index (κ3) is 4.32. The number of hydrogen-bond donors (Lipinski definition) is 0. The molecule has 1 aliphatic rings. The Labute approximate surface area is 157 Å². The number of carbonyl (C=O) groups excluding carboxylic acids is 2. The van der Waals surface area contributed by atoms with Crippen LogP contribution in [0.2, 0.25) is 0 Å². The largest absolute Gasteiger partial charge is 0.339 e. The summed E-state index contributed by atoms with van der Waals surface area (Å²) in [5.41, 5.74) is 2.91. The van der Waals surface area contributed by atoms with E-state index in [1.165, 1.54) is 4.90 Å². The molecule has 1 fully saturated rings. The third-order valence-electron chi connectivity index (χ3n) is 4.92. The minimum atomic E-state index is -0.741. The summed E-state index contributed by atoms with van der Waals surface area (Å²) in [4.78, 5) is 28.2. The number of hydrogen-bond acceptors (Lipinski definition) is 2. The van der Waals surface area contributed by atoms with Gasteiger partial charge in [-0.25, -0.2) is 8.78 Å². The Bertz CT molecular complexity index is 874. The molecule has 1 saturated heterocycles. The lowest BCUT2D eigenvalue weighted by atomic mass is 10.0. The molecule has 0 N–H and O–H groups in total. The maximum atomic E-state index is 13.8. The van der Waals surface area contributed by atoms with Crippen molar-refractivity contribution in [3.05, 3.63) is 70.3 Å². The predicted octanol–water partition coefficient (Wildman–Crippen LogP) is 3.11. The van der Waals surface area contributed by atoms with Gasteiger partial charge in [0.25, 0.3) is 5.91 Å². The van der Waals surface area contributed by atoms with Crippen molar-refractivity contribution in [1.82, 2.24) is 9.80 Å². The molecule has 27 heavy (non-hydrogen) atoms. The van der Waals surface area contributed by atoms with Crippen molar-refractivity contribution in [3.8, 4) is 0 Å². The summed E-state index contributed by atoms with van der Waals surface area (Å²) < 4.78 is 27.1. The van der Waals surface area contributed by atoms with E-state index < -0.39 is 17.5 Å². The number of amides is 2. The van der Waals surface area contributed by atoms with E-state index in [1.807, 2.05) is 32.0 Å². The fraction of sp³-hybridized carbons (Fsp3) is 0.333. The molecule has 0 aromatic heterocycles. The summed E-state index contributed by atoms with van der Waals surface area (Å²) in [5.74, 6) is -1.93. The second-order valence-corrected chi connectivity index (χ2v) is 6.90. The van der Waals surface area contributed by atoms with E-state index in [-0.39, 0.29) is 11.5 Å². The summed E-state index contributed by atoms with van der Waals surface area (Å²) in [6, 6.07) is 8.87. The first-order valence-corrected chi connectivity index (χ1v) is 8.93. The molecule has 1 heterocycles. The van der Waals surface area contributed by atoms with Crippen LogP contribution in [0.15, 0.2) is 36.4 Å². The van der Waals surface area contributed by atoms with Crippen LogP contribution in [0.5, 0.6) is 0 Å². The molecule has 0 bridgehead atoms. The standard InChI is InChI=1S/C21H22F2N2O2/c1-14-3-4-15(2)16(11-14)12-20(26)24-7-9-25(10-8-24)21(27)18-13-17(22)5-6-19(18)23/h3-6,11,13H,7-10,12H2,1-2H3. The quantitative estimate of drug-likeness (QED) is 0.831. The fourth-order valence-electron chi connectivity index (χ4n) is 3.26. The summed E-state index contributed by atoms with van der Waals surface area (Å²) in [6.07, 6.45) is 0.319. The molecule has 142 valence electrons. The fourth-order valence-corrected chi connectivity index (χ4v) is 3.26. The van der Waals surface area contributed by atoms with Crippen molar-refractivity contribution in [2.45, 2.75) is 20.3 Å². The Hall–Kier alpha value is -2.76. The lowest BCUT2D eigenvalue weighted by Gasteiger charge is -2.35. The molecular weight excluding hydrogens is 350 g/mol. The molecule has 6 heteroatoms. The molecule has 3 rings (SSSR count). The first kappa shape index (κ1) is 19.0. The van der Waals surface area contributed by atoms with Crippen LogP contribution in [-0.4, -0.2) is 47.8 Å². The second-order valence-electron chi connectivity index (χ2n) is 6.90. The highest BCUT2D eigenvalue weighted by Gasteiger charge is 2.26. The van der Waals surface area contributed by atoms with Crippen LogP contribution in [0.1, 0.15) is 27.0 Å². The van der Waals surface area contributed by atoms with Crippen molar-refractivity contribution < 1.29 is 18.4 Å². The molecule has 0 aliphatic carbocycles. The summed E-state index contributed by atoms with van der Waals surface area (Å²) in [5, 5.41) is 0. The van der Waals surface area contributed by atoms with Gasteiger partial charge in [0.2, 0.25) is 5.91 Å². The van der Waals surface area contributed by atoms with Crippen LogP contribution in [0.25, 0.3) is 0 Å². The van der Waals surface area contributed by atoms with E-state index in [9.17, 15) is 18.4 Å². The number of rotatable bonds is 3. The third-order valence-corrected chi connectivity index (χ3v) is 4.92. The SMILES string of the molecule is Cc1ccc(C)c(CC(=O)N2CCN(C(=O)c3cc(F)ccc3F)CC2)c1. The molecule has 2 aromatic rings. The maximum absolute atomic E-state index is 13.8. The summed E-state index contributed by atoms with van der Waals surface area (Å²) in [7, 11) is 0. The highest BCUT2D eigenvalue weighted by Crippen LogP contribution is 2.16. The Morgan fingerprint density at radius 2 is 1.59 bits per heavy atom. The van der Waals surface area contributed by atoms with Gasteiger partial charge in [0.05, 0.1) is 12.0 Å². The van der Waals surface area contributed by atoms with E-state index in [2.05, 4.69) is 0 Å². The van der Waals surface area contributed by atoms with Crippen molar-refractivity contribution in [3.63, 3.8) is 0 Å². The first-order valence-electron chi connectivity index (χ1n) is 8.93. The zero-order valence-electron chi connectivity index (χ0n) is 15.5. The van der Waals surface area contributed by atoms with Gasteiger partial charge in [-0.3, -0.25) is 9.59 Å². The second kappa shape index (κ2) is 7.86. The number of carbonyl (C=O) groups is 2. The zero-order chi connectivity index (χ0) is 19.6. The lowest BCUT2D eigenvalue weighted by Crippen LogP contribution is -2.51. The maximum Gasteiger partial charge on any atom is 0.257 e. The van der Waals surface area contributed by atoms with Crippen LogP contribution < -0.4 is 0 Å². The molecule has 0 unspecified atom stereocenters. The number of halogens is 2. The van der Waals surface area contributed by atoms with Crippen LogP contribution in [0.3, 0.4) is 0 Å². The molecular formula is C21H22F2N2O2. The van der Waals surface area contributed by atoms with Crippen molar-refractivity contribution in [2.24, 2.45) is 0 Å². The average Bonchev–Trinajstić information content (AvgIpc) is 2.66. The Balaban J connectivity index is 1.61. The van der Waals surface area contributed by atoms with Gasteiger partial charge in [-0.2, -0.15) is 0 Å². The summed E-state index contributed by atoms with van der Waals surface area (Å²) in [6.45, 7) is 5.33. The van der Waals surface area contributed by atoms with Gasteiger partial charge < -0.3 is 9.80 Å². The number of aryl methyl sites for hydroxylation is 2. The van der Waals surface area contributed by atoms with Gasteiger partial charge >= 0.3 is 0 Å². The number of piperazine rings is 1. The van der Waals surface area contributed by atoms with Gasteiger partial charge in [0, 0.05) is 26.2 Å². The van der Waals surface area contributed by atoms with E-state index in [0.29, 0.717) is 32.6 Å². The van der Waals surface area contributed by atoms with Gasteiger partial charge in [-0.05, 0) is 43.2 Å². The van der Waals surface area contributed by atoms with Crippen LogP contribution >= 0.6 is 0 Å². The van der Waals surface area contributed by atoms with Crippen LogP contribution in [0, 0.1) is 25.5 Å². The van der Waals surface area contributed by atoms with Gasteiger partial charge in [0.1, 0.15) is 11.6 Å². The predicted molar refractivity (Wildman–Crippen MR) is 98.5 cm³/mol. The highest BCUT2D eigenvalue weighted by atomic mass is 19.1. The average molecular weight is 372 g/mol. The molecule has 4 nitrogen and oxygen atoms in total. The van der Waals surface area contributed by atoms with Gasteiger partial charge in [-0.15, -0.1) is 0 Å². The highest BCUT2D eigenvalue weighted by molar-refractivity contribution is 5.94. The van der Waals surface area contributed by atoms with E-state index in [1.54, 1.807) is 4.90 Å². The molecule has 2 aromatic carbocycles. The van der Waals surface area contributed by atoms with Gasteiger partial charge in [-0.1, -0.05) is 23.8 Å². The number of nitrogens with zero attached hydrogens (tertiary/aromatic N) is 2. The topological polar surface area (TPSA) is 40.6 Å². The molecule has 0 radical (unpaired) electrons. The van der Waals surface area contributed by atoms with E-state index in [4.69, 9.17) is 0 Å². The Morgan fingerprint density at radius 3 is 2.30 bits per heavy atom.